The van der Waals surface area contributed by atoms with E-state index >= 15 is 0 Å². The standard InChI is InChI=1S/C32H44N6O4S/c1-4-17-35(18-5-2)29(40)26-25-15-16-32(43-25)27(26)30(41)37(20-11-7-8-12-21-39)28(32)31(42)36(19-6-3)22-38-24-14-10-9-13-23(24)33-34-38/h4,6,9-10,13-14,25-28,39H,1,3,5,7-8,11-12,15-22H2,2H3/t25-,26+,27-,28?,32?/m0/s1. The zero-order valence-electron chi connectivity index (χ0n) is 25.1. The predicted octanol–water partition coefficient (Wildman–Crippen LogP) is 3.47. The van der Waals surface area contributed by atoms with Gasteiger partial charge in [0.25, 0.3) is 0 Å². The number of carbonyl (C=O) groups is 3. The second-order valence-electron chi connectivity index (χ2n) is 11.9. The summed E-state index contributed by atoms with van der Waals surface area (Å²) in [5.41, 5.74) is 1.57. The topological polar surface area (TPSA) is 112 Å². The largest absolute Gasteiger partial charge is 0.396 e. The van der Waals surface area contributed by atoms with E-state index in [1.54, 1.807) is 38.4 Å². The van der Waals surface area contributed by atoms with E-state index < -0.39 is 22.6 Å². The van der Waals surface area contributed by atoms with Gasteiger partial charge in [-0.05, 0) is 44.2 Å². The molecule has 1 spiro atoms. The van der Waals surface area contributed by atoms with Crippen molar-refractivity contribution in [1.82, 2.24) is 29.7 Å². The molecule has 1 N–H and O–H groups in total. The number of likely N-dealkylation sites (tertiary alicyclic amines) is 1. The van der Waals surface area contributed by atoms with Gasteiger partial charge in [-0.15, -0.1) is 30.0 Å². The highest BCUT2D eigenvalue weighted by Gasteiger charge is 2.74. The molecule has 0 saturated carbocycles. The van der Waals surface area contributed by atoms with Gasteiger partial charge >= 0.3 is 0 Å². The maximum Gasteiger partial charge on any atom is 0.248 e. The van der Waals surface area contributed by atoms with Gasteiger partial charge in [0.15, 0.2) is 0 Å². The Labute approximate surface area is 258 Å². The van der Waals surface area contributed by atoms with Crippen LogP contribution in [0.5, 0.6) is 0 Å². The van der Waals surface area contributed by atoms with Crippen LogP contribution in [0, 0.1) is 11.8 Å². The van der Waals surface area contributed by atoms with E-state index in [1.165, 1.54) is 0 Å². The normalized spacial score (nSPS) is 25.7. The van der Waals surface area contributed by atoms with Crippen molar-refractivity contribution in [2.45, 2.75) is 74.6 Å². The zero-order chi connectivity index (χ0) is 30.6. The molecule has 2 unspecified atom stereocenters. The lowest BCUT2D eigenvalue weighted by Crippen LogP contribution is -2.55. The number of fused-ring (bicyclic) bond motifs is 2. The molecule has 2 aromatic rings. The average molecular weight is 609 g/mol. The van der Waals surface area contributed by atoms with Gasteiger partial charge in [0.1, 0.15) is 18.2 Å². The Morgan fingerprint density at radius 3 is 2.60 bits per heavy atom. The van der Waals surface area contributed by atoms with Gasteiger partial charge < -0.3 is 19.8 Å². The van der Waals surface area contributed by atoms with E-state index in [9.17, 15) is 19.5 Å². The molecule has 3 saturated heterocycles. The van der Waals surface area contributed by atoms with Crippen LogP contribution in [0.3, 0.4) is 0 Å². The molecule has 10 nitrogen and oxygen atoms in total. The van der Waals surface area contributed by atoms with Crippen LogP contribution in [0.25, 0.3) is 11.0 Å². The Morgan fingerprint density at radius 2 is 1.86 bits per heavy atom. The highest BCUT2D eigenvalue weighted by molar-refractivity contribution is 8.02. The van der Waals surface area contributed by atoms with Crippen LogP contribution in [0.2, 0.25) is 0 Å². The van der Waals surface area contributed by atoms with E-state index in [1.807, 2.05) is 36.1 Å². The number of unbranched alkanes of at least 4 members (excludes halogenated alkanes) is 3. The highest BCUT2D eigenvalue weighted by atomic mass is 32.2. The van der Waals surface area contributed by atoms with E-state index in [0.29, 0.717) is 32.6 Å². The Balaban J connectivity index is 1.48. The summed E-state index contributed by atoms with van der Waals surface area (Å²) in [6, 6.07) is 6.95. The minimum atomic E-state index is -0.676. The number of para-hydroxylation sites is 1. The monoisotopic (exact) mass is 608 g/mol. The van der Waals surface area contributed by atoms with Crippen molar-refractivity contribution in [3.63, 3.8) is 0 Å². The molecule has 3 fully saturated rings. The molecule has 1 aromatic heterocycles. The van der Waals surface area contributed by atoms with Gasteiger partial charge in [0, 0.05) is 38.0 Å². The maximum absolute atomic E-state index is 14.7. The molecule has 3 aliphatic heterocycles. The van der Waals surface area contributed by atoms with Crippen LogP contribution in [0.4, 0.5) is 0 Å². The van der Waals surface area contributed by atoms with E-state index in [4.69, 9.17) is 0 Å². The van der Waals surface area contributed by atoms with Crippen molar-refractivity contribution in [2.24, 2.45) is 11.8 Å². The Morgan fingerprint density at radius 1 is 1.12 bits per heavy atom. The van der Waals surface area contributed by atoms with Crippen molar-refractivity contribution in [2.75, 3.05) is 32.8 Å². The zero-order valence-corrected chi connectivity index (χ0v) is 26.0. The number of aliphatic hydroxyl groups is 1. The minimum absolute atomic E-state index is 0.00667. The Bertz CT molecular complexity index is 1350. The maximum atomic E-state index is 14.7. The summed E-state index contributed by atoms with van der Waals surface area (Å²) in [5.74, 6) is -1.18. The average Bonchev–Trinajstić information content (AvgIpc) is 3.76. The van der Waals surface area contributed by atoms with Crippen molar-refractivity contribution in [3.05, 3.63) is 49.6 Å². The summed E-state index contributed by atoms with van der Waals surface area (Å²) >= 11 is 1.70. The fourth-order valence-corrected chi connectivity index (χ4v) is 9.57. The van der Waals surface area contributed by atoms with E-state index in [0.717, 1.165) is 49.6 Å². The number of nitrogens with zero attached hydrogens (tertiary/aromatic N) is 6. The molecule has 5 atom stereocenters. The van der Waals surface area contributed by atoms with Crippen molar-refractivity contribution < 1.29 is 19.5 Å². The van der Waals surface area contributed by atoms with Gasteiger partial charge in [-0.3, -0.25) is 14.4 Å². The number of thioether (sulfide) groups is 1. The summed E-state index contributed by atoms with van der Waals surface area (Å²) in [7, 11) is 0. The van der Waals surface area contributed by atoms with Crippen LogP contribution in [-0.4, -0.2) is 101 Å². The number of hydrogen-bond donors (Lipinski definition) is 1. The third kappa shape index (κ3) is 5.73. The molecular weight excluding hydrogens is 564 g/mol. The summed E-state index contributed by atoms with van der Waals surface area (Å²) in [6.45, 7) is 11.9. The SMILES string of the molecule is C=CCN(Cn1nnc2ccccc21)C(=O)C1N(CCCCCCO)C(=O)[C@@H]2[C@H](C(=O)N(CC=C)CCC)[C@@H]3CCC12S3. The number of hydrogen-bond acceptors (Lipinski definition) is 7. The quantitative estimate of drug-likeness (QED) is 0.230. The fourth-order valence-electron chi connectivity index (χ4n) is 7.36. The van der Waals surface area contributed by atoms with Crippen LogP contribution < -0.4 is 0 Å². The molecule has 0 aliphatic carbocycles. The van der Waals surface area contributed by atoms with Crippen LogP contribution in [-0.2, 0) is 21.1 Å². The van der Waals surface area contributed by atoms with Crippen molar-refractivity contribution >= 4 is 40.5 Å². The minimum Gasteiger partial charge on any atom is -0.396 e. The molecule has 1 aromatic carbocycles. The second kappa shape index (κ2) is 13.6. The van der Waals surface area contributed by atoms with Crippen LogP contribution in [0.1, 0.15) is 51.9 Å². The lowest BCUT2D eigenvalue weighted by Gasteiger charge is -2.37. The molecule has 11 heteroatoms. The molecular formula is C32H44N6O4S. The molecule has 3 aliphatic rings. The lowest BCUT2D eigenvalue weighted by atomic mass is 9.70. The third-order valence-corrected chi connectivity index (χ3v) is 11.1. The van der Waals surface area contributed by atoms with Gasteiger partial charge in [0.2, 0.25) is 17.7 Å². The molecule has 5 rings (SSSR count). The second-order valence-corrected chi connectivity index (χ2v) is 13.5. The van der Waals surface area contributed by atoms with Gasteiger partial charge in [-0.25, -0.2) is 4.68 Å². The molecule has 4 heterocycles. The summed E-state index contributed by atoms with van der Waals surface area (Å²) < 4.78 is 1.06. The van der Waals surface area contributed by atoms with E-state index in [-0.39, 0.29) is 36.2 Å². The first-order valence-electron chi connectivity index (χ1n) is 15.6. The van der Waals surface area contributed by atoms with Gasteiger partial charge in [-0.1, -0.05) is 49.3 Å². The summed E-state index contributed by atoms with van der Waals surface area (Å²) in [5, 5.41) is 17.8. The van der Waals surface area contributed by atoms with Gasteiger partial charge in [-0.2, -0.15) is 0 Å². The highest BCUT2D eigenvalue weighted by Crippen LogP contribution is 2.66. The van der Waals surface area contributed by atoms with Crippen LogP contribution in [0.15, 0.2) is 49.6 Å². The number of amides is 3. The van der Waals surface area contributed by atoms with Crippen molar-refractivity contribution in [1.29, 1.82) is 0 Å². The molecule has 3 amide bonds. The number of rotatable bonds is 16. The first-order valence-corrected chi connectivity index (χ1v) is 16.5. The molecule has 43 heavy (non-hydrogen) atoms. The number of carbonyl (C=O) groups excluding carboxylic acids is 3. The van der Waals surface area contributed by atoms with Gasteiger partial charge in [0.05, 0.1) is 22.1 Å². The fraction of sp³-hybridized carbons (Fsp3) is 0.594. The molecule has 2 bridgehead atoms. The molecule has 232 valence electrons. The van der Waals surface area contributed by atoms with Crippen molar-refractivity contribution in [3.8, 4) is 0 Å². The Kier molecular flexibility index (Phi) is 9.91. The molecule has 0 radical (unpaired) electrons. The predicted molar refractivity (Wildman–Crippen MR) is 168 cm³/mol. The van der Waals surface area contributed by atoms with E-state index in [2.05, 4.69) is 23.5 Å². The lowest BCUT2D eigenvalue weighted by molar-refractivity contribution is -0.145. The first kappa shape index (κ1) is 31.3. The first-order chi connectivity index (χ1) is 20.9. The van der Waals surface area contributed by atoms with Crippen LogP contribution >= 0.6 is 11.8 Å². The number of aliphatic hydroxyl groups excluding tert-OH is 1. The number of benzene rings is 1. The Hall–Kier alpha value is -3.18. The number of aromatic nitrogens is 3. The summed E-state index contributed by atoms with van der Waals surface area (Å²) in [6.07, 6.45) is 8.96. The summed E-state index contributed by atoms with van der Waals surface area (Å²) in [4.78, 5) is 48.5. The third-order valence-electron chi connectivity index (χ3n) is 9.17. The smallest absolute Gasteiger partial charge is 0.248 e.